The van der Waals surface area contributed by atoms with Crippen LogP contribution in [0, 0.1) is 0 Å². The Bertz CT molecular complexity index is 839. The molecule has 0 radical (unpaired) electrons. The number of hydrogen-bond donors (Lipinski definition) is 2. The summed E-state index contributed by atoms with van der Waals surface area (Å²) in [4.78, 5) is 12.3. The molecule has 1 amide bonds. The van der Waals surface area contributed by atoms with Crippen LogP contribution in [0.1, 0.15) is 23.2 Å². The fourth-order valence-corrected chi connectivity index (χ4v) is 3.61. The van der Waals surface area contributed by atoms with Gasteiger partial charge in [0.1, 0.15) is 0 Å². The number of aryl methyl sites for hydroxylation is 1. The molecular formula is C16H20N4O4S. The second kappa shape index (κ2) is 7.34. The van der Waals surface area contributed by atoms with Gasteiger partial charge in [0, 0.05) is 38.0 Å². The predicted molar refractivity (Wildman–Crippen MR) is 91.8 cm³/mol. The number of hydrogen-bond acceptors (Lipinski definition) is 5. The van der Waals surface area contributed by atoms with Crippen molar-refractivity contribution in [3.63, 3.8) is 0 Å². The van der Waals surface area contributed by atoms with Gasteiger partial charge in [-0.1, -0.05) is 0 Å². The molecule has 2 aromatic rings. The van der Waals surface area contributed by atoms with Crippen LogP contribution in [0.3, 0.4) is 0 Å². The van der Waals surface area contributed by atoms with Crippen LogP contribution >= 0.6 is 0 Å². The van der Waals surface area contributed by atoms with E-state index in [-0.39, 0.29) is 23.5 Å². The number of carbonyl (C=O) groups is 1. The lowest BCUT2D eigenvalue weighted by Gasteiger charge is -2.11. The van der Waals surface area contributed by atoms with Gasteiger partial charge in [0.25, 0.3) is 5.91 Å². The molecule has 1 fully saturated rings. The number of aromatic nitrogens is 2. The monoisotopic (exact) mass is 364 g/mol. The van der Waals surface area contributed by atoms with Crippen LogP contribution in [0.25, 0.3) is 0 Å². The van der Waals surface area contributed by atoms with Gasteiger partial charge in [-0.3, -0.25) is 9.48 Å². The Labute approximate surface area is 146 Å². The summed E-state index contributed by atoms with van der Waals surface area (Å²) in [6.07, 6.45) is 3.45. The first-order valence-electron chi connectivity index (χ1n) is 7.96. The van der Waals surface area contributed by atoms with Crippen molar-refractivity contribution in [1.82, 2.24) is 14.5 Å². The van der Waals surface area contributed by atoms with E-state index in [1.807, 2.05) is 0 Å². The summed E-state index contributed by atoms with van der Waals surface area (Å²) in [6.45, 7) is 0.927. The van der Waals surface area contributed by atoms with Crippen molar-refractivity contribution in [3.8, 4) is 0 Å². The molecule has 1 aromatic heterocycles. The lowest BCUT2D eigenvalue weighted by atomic mass is 10.2. The van der Waals surface area contributed by atoms with E-state index in [0.29, 0.717) is 18.0 Å². The number of anilines is 1. The van der Waals surface area contributed by atoms with Gasteiger partial charge >= 0.3 is 0 Å². The number of carbonyl (C=O) groups excluding carboxylic acids is 1. The number of rotatable bonds is 6. The van der Waals surface area contributed by atoms with Crippen molar-refractivity contribution in [3.05, 3.63) is 42.1 Å². The van der Waals surface area contributed by atoms with E-state index in [1.165, 1.54) is 24.3 Å². The molecule has 0 bridgehead atoms. The number of benzene rings is 1. The predicted octanol–water partition coefficient (Wildman–Crippen LogP) is 1.13. The summed E-state index contributed by atoms with van der Waals surface area (Å²) in [5, 5.41) is 6.71. The maximum atomic E-state index is 12.3. The quantitative estimate of drug-likeness (QED) is 0.800. The van der Waals surface area contributed by atoms with Crippen LogP contribution in [0.5, 0.6) is 0 Å². The van der Waals surface area contributed by atoms with E-state index in [1.54, 1.807) is 24.0 Å². The molecular weight excluding hydrogens is 344 g/mol. The van der Waals surface area contributed by atoms with E-state index in [2.05, 4.69) is 15.1 Å². The van der Waals surface area contributed by atoms with Crippen LogP contribution in [0.15, 0.2) is 41.4 Å². The number of amides is 1. The lowest BCUT2D eigenvalue weighted by Crippen LogP contribution is -2.31. The second-order valence-electron chi connectivity index (χ2n) is 5.84. The van der Waals surface area contributed by atoms with Crippen molar-refractivity contribution in [2.75, 3.05) is 18.5 Å². The highest BCUT2D eigenvalue weighted by molar-refractivity contribution is 7.89. The van der Waals surface area contributed by atoms with Crippen molar-refractivity contribution in [2.24, 2.45) is 7.05 Å². The van der Waals surface area contributed by atoms with Gasteiger partial charge in [-0.05, 0) is 37.1 Å². The molecule has 3 rings (SSSR count). The Kier molecular flexibility index (Phi) is 5.16. The molecule has 1 aromatic carbocycles. The van der Waals surface area contributed by atoms with Crippen LogP contribution in [-0.4, -0.2) is 43.4 Å². The zero-order chi connectivity index (χ0) is 17.9. The molecule has 1 aliphatic heterocycles. The zero-order valence-electron chi connectivity index (χ0n) is 13.8. The molecule has 8 nitrogen and oxygen atoms in total. The zero-order valence-corrected chi connectivity index (χ0v) is 14.6. The average molecular weight is 364 g/mol. The van der Waals surface area contributed by atoms with E-state index in [0.717, 1.165) is 12.8 Å². The molecule has 2 heterocycles. The first-order chi connectivity index (χ1) is 11.9. The molecule has 25 heavy (non-hydrogen) atoms. The number of nitrogens with zero attached hydrogens (tertiary/aromatic N) is 2. The SMILES string of the molecule is Cn1ccc(NC(=O)c2ccc(S(=O)(=O)NC[C@H]3CCCO3)cc2)n1. The third-order valence-electron chi connectivity index (χ3n) is 3.91. The minimum Gasteiger partial charge on any atom is -0.377 e. The summed E-state index contributed by atoms with van der Waals surface area (Å²) >= 11 is 0. The van der Waals surface area contributed by atoms with Gasteiger partial charge in [-0.15, -0.1) is 0 Å². The van der Waals surface area contributed by atoms with Crippen molar-refractivity contribution < 1.29 is 17.9 Å². The summed E-state index contributed by atoms with van der Waals surface area (Å²) in [5.74, 6) is 0.0809. The fraction of sp³-hybridized carbons (Fsp3) is 0.375. The Morgan fingerprint density at radius 2 is 2.08 bits per heavy atom. The fourth-order valence-electron chi connectivity index (χ4n) is 2.55. The van der Waals surface area contributed by atoms with Crippen LogP contribution in [0.2, 0.25) is 0 Å². The Hall–Kier alpha value is -2.23. The third-order valence-corrected chi connectivity index (χ3v) is 5.35. The Morgan fingerprint density at radius 1 is 1.32 bits per heavy atom. The van der Waals surface area contributed by atoms with Gasteiger partial charge in [0.2, 0.25) is 10.0 Å². The smallest absolute Gasteiger partial charge is 0.256 e. The molecule has 0 saturated carbocycles. The van der Waals surface area contributed by atoms with Crippen LogP contribution in [-0.2, 0) is 21.8 Å². The molecule has 0 aliphatic carbocycles. The molecule has 134 valence electrons. The summed E-state index contributed by atoms with van der Waals surface area (Å²) < 4.78 is 34.1. The first kappa shape index (κ1) is 17.6. The Balaban J connectivity index is 1.63. The van der Waals surface area contributed by atoms with Gasteiger partial charge in [-0.2, -0.15) is 5.10 Å². The lowest BCUT2D eigenvalue weighted by molar-refractivity contribution is 0.102. The van der Waals surface area contributed by atoms with Crippen LogP contribution in [0.4, 0.5) is 5.82 Å². The number of sulfonamides is 1. The van der Waals surface area contributed by atoms with Gasteiger partial charge in [0.05, 0.1) is 11.0 Å². The van der Waals surface area contributed by atoms with Crippen molar-refractivity contribution in [2.45, 2.75) is 23.8 Å². The molecule has 1 atom stereocenters. The summed E-state index contributed by atoms with van der Waals surface area (Å²) in [7, 11) is -1.87. The number of ether oxygens (including phenoxy) is 1. The van der Waals surface area contributed by atoms with Gasteiger partial charge < -0.3 is 10.1 Å². The highest BCUT2D eigenvalue weighted by atomic mass is 32.2. The molecule has 0 spiro atoms. The van der Waals surface area contributed by atoms with E-state index >= 15 is 0 Å². The standard InChI is InChI=1S/C16H20N4O4S/c1-20-9-8-15(19-20)18-16(21)12-4-6-14(7-5-12)25(22,23)17-11-13-3-2-10-24-13/h4-9,13,17H,2-3,10-11H2,1H3,(H,18,19,21)/t13-/m1/s1. The highest BCUT2D eigenvalue weighted by Gasteiger charge is 2.20. The van der Waals surface area contributed by atoms with Gasteiger partial charge in [0.15, 0.2) is 5.82 Å². The normalized spacial score (nSPS) is 17.6. The first-order valence-corrected chi connectivity index (χ1v) is 9.45. The topological polar surface area (TPSA) is 102 Å². The van der Waals surface area contributed by atoms with Crippen molar-refractivity contribution in [1.29, 1.82) is 0 Å². The molecule has 1 saturated heterocycles. The van der Waals surface area contributed by atoms with Gasteiger partial charge in [-0.25, -0.2) is 13.1 Å². The molecule has 9 heteroatoms. The van der Waals surface area contributed by atoms with E-state index in [4.69, 9.17) is 4.74 Å². The maximum absolute atomic E-state index is 12.3. The van der Waals surface area contributed by atoms with E-state index in [9.17, 15) is 13.2 Å². The molecule has 2 N–H and O–H groups in total. The minimum atomic E-state index is -3.62. The third kappa shape index (κ3) is 4.44. The van der Waals surface area contributed by atoms with Crippen LogP contribution < -0.4 is 10.0 Å². The number of nitrogens with one attached hydrogen (secondary N) is 2. The summed E-state index contributed by atoms with van der Waals surface area (Å²) in [5.41, 5.74) is 0.351. The molecule has 1 aliphatic rings. The van der Waals surface area contributed by atoms with E-state index < -0.39 is 10.0 Å². The Morgan fingerprint density at radius 3 is 2.68 bits per heavy atom. The van der Waals surface area contributed by atoms with Crippen molar-refractivity contribution >= 4 is 21.7 Å². The highest BCUT2D eigenvalue weighted by Crippen LogP contribution is 2.14. The maximum Gasteiger partial charge on any atom is 0.256 e. The summed E-state index contributed by atoms with van der Waals surface area (Å²) in [6, 6.07) is 7.43. The largest absolute Gasteiger partial charge is 0.377 e. The second-order valence-corrected chi connectivity index (χ2v) is 7.61. The average Bonchev–Trinajstić information content (AvgIpc) is 3.25. The minimum absolute atomic E-state index is 0.0711. The molecule has 0 unspecified atom stereocenters.